The number of hydrogen-bond acceptors (Lipinski definition) is 1. The predicted molar refractivity (Wildman–Crippen MR) is 160 cm³/mol. The Balaban J connectivity index is 1.61. The maximum absolute atomic E-state index is 6.73. The molecule has 1 aliphatic heterocycles. The molecular weight excluding hydrogens is 532 g/mol. The molecule has 1 heterocycles. The molecule has 0 unspecified atom stereocenters. The number of para-hydroxylation sites is 2. The molecule has 0 saturated carbocycles. The number of rotatable bonds is 5. The molecule has 0 saturated heterocycles. The van der Waals surface area contributed by atoms with Gasteiger partial charge in [0.2, 0.25) is 0 Å². The highest BCUT2D eigenvalue weighted by molar-refractivity contribution is 9.10. The summed E-state index contributed by atoms with van der Waals surface area (Å²) in [4.78, 5) is 0. The third kappa shape index (κ3) is 4.07. The monoisotopic (exact) mass is 560 g/mol. The van der Waals surface area contributed by atoms with Gasteiger partial charge in [0.05, 0.1) is 0 Å². The first-order valence-corrected chi connectivity index (χ1v) is 15.8. The van der Waals surface area contributed by atoms with Gasteiger partial charge in [-0.25, -0.2) is 0 Å². The molecule has 0 fully saturated rings. The Kier molecular flexibility index (Phi) is 6.14. The van der Waals surface area contributed by atoms with Gasteiger partial charge in [-0.05, 0) is 45.4 Å². The van der Waals surface area contributed by atoms with Crippen LogP contribution < -0.4 is 20.3 Å². The lowest BCUT2D eigenvalue weighted by Crippen LogP contribution is -2.69. The summed E-state index contributed by atoms with van der Waals surface area (Å²) in [6.45, 7) is 4.62. The van der Waals surface area contributed by atoms with Crippen molar-refractivity contribution in [2.75, 3.05) is 0 Å². The van der Waals surface area contributed by atoms with Gasteiger partial charge >= 0.3 is 0 Å². The van der Waals surface area contributed by atoms with E-state index < -0.39 is 8.07 Å². The minimum atomic E-state index is -2.50. The first kappa shape index (κ1) is 24.0. The average Bonchev–Trinajstić information content (AvgIpc) is 2.93. The molecular formula is C34H29BrOSi. The largest absolute Gasteiger partial charge is 0.456 e. The number of benzene rings is 5. The normalized spacial score (nSPS) is 13.8. The van der Waals surface area contributed by atoms with E-state index >= 15 is 0 Å². The van der Waals surface area contributed by atoms with E-state index in [0.29, 0.717) is 0 Å². The molecule has 0 bridgehead atoms. The summed E-state index contributed by atoms with van der Waals surface area (Å²) in [7, 11) is -2.50. The van der Waals surface area contributed by atoms with Crippen LogP contribution in [0.2, 0.25) is 0 Å². The smallest absolute Gasteiger partial charge is 0.152 e. The number of ether oxygens (including phenoxy) is 1. The highest BCUT2D eigenvalue weighted by Crippen LogP contribution is 2.49. The molecule has 0 radical (unpaired) electrons. The summed E-state index contributed by atoms with van der Waals surface area (Å²) in [6.07, 6.45) is 0. The minimum absolute atomic E-state index is 0.139. The SMILES string of the molecule is CC1(C)c2ccccc2Oc2c(C[Si](c3ccccc3)(c3ccccc3)c3cccc(Br)c3)cccc21. The molecule has 5 aromatic carbocycles. The van der Waals surface area contributed by atoms with E-state index in [0.717, 1.165) is 22.0 Å². The Morgan fingerprint density at radius 3 is 1.86 bits per heavy atom. The van der Waals surface area contributed by atoms with Crippen molar-refractivity contribution in [1.29, 1.82) is 0 Å². The molecule has 0 amide bonds. The van der Waals surface area contributed by atoms with Crippen molar-refractivity contribution in [2.24, 2.45) is 0 Å². The number of fused-ring (bicyclic) bond motifs is 2. The van der Waals surface area contributed by atoms with Crippen LogP contribution in [0.25, 0.3) is 0 Å². The zero-order valence-corrected chi connectivity index (χ0v) is 23.7. The van der Waals surface area contributed by atoms with E-state index in [1.54, 1.807) is 0 Å². The van der Waals surface area contributed by atoms with Crippen molar-refractivity contribution in [3.05, 3.63) is 149 Å². The first-order valence-electron chi connectivity index (χ1n) is 12.8. The molecule has 0 spiro atoms. The van der Waals surface area contributed by atoms with Crippen molar-refractivity contribution in [3.63, 3.8) is 0 Å². The van der Waals surface area contributed by atoms with E-state index in [4.69, 9.17) is 4.74 Å². The second kappa shape index (κ2) is 9.48. The molecule has 0 aliphatic carbocycles. The van der Waals surface area contributed by atoms with Gasteiger partial charge < -0.3 is 4.74 Å². The van der Waals surface area contributed by atoms with Crippen molar-refractivity contribution >= 4 is 39.6 Å². The zero-order valence-electron chi connectivity index (χ0n) is 21.1. The maximum Gasteiger partial charge on any atom is 0.152 e. The van der Waals surface area contributed by atoms with Gasteiger partial charge in [0.25, 0.3) is 0 Å². The summed E-state index contributed by atoms with van der Waals surface area (Å²) in [5.74, 6) is 1.98. The van der Waals surface area contributed by atoms with Crippen molar-refractivity contribution in [3.8, 4) is 11.5 Å². The van der Waals surface area contributed by atoms with Gasteiger partial charge in [-0.3, -0.25) is 0 Å². The van der Waals surface area contributed by atoms with Crippen LogP contribution in [0.4, 0.5) is 0 Å². The van der Waals surface area contributed by atoms with Gasteiger partial charge in [-0.1, -0.05) is 139 Å². The highest BCUT2D eigenvalue weighted by atomic mass is 79.9. The van der Waals surface area contributed by atoms with Gasteiger partial charge in [-0.2, -0.15) is 0 Å². The lowest BCUT2D eigenvalue weighted by Gasteiger charge is -2.38. The Hall–Kier alpha value is -3.40. The Labute approximate surface area is 228 Å². The number of hydrogen-bond donors (Lipinski definition) is 0. The van der Waals surface area contributed by atoms with Crippen LogP contribution in [-0.4, -0.2) is 8.07 Å². The predicted octanol–water partition coefficient (Wildman–Crippen LogP) is 7.13. The second-order valence-electron chi connectivity index (χ2n) is 10.3. The van der Waals surface area contributed by atoms with Crippen molar-refractivity contribution in [1.82, 2.24) is 0 Å². The molecule has 0 atom stereocenters. The van der Waals surface area contributed by atoms with Crippen LogP contribution in [0.1, 0.15) is 30.5 Å². The van der Waals surface area contributed by atoms with Crippen LogP contribution in [0.15, 0.2) is 132 Å². The molecule has 5 aromatic rings. The summed E-state index contributed by atoms with van der Waals surface area (Å²) < 4.78 is 7.84. The first-order chi connectivity index (χ1) is 18.0. The summed E-state index contributed by atoms with van der Waals surface area (Å²) in [6, 6.07) is 47.2. The lowest BCUT2D eigenvalue weighted by atomic mass is 9.75. The summed E-state index contributed by atoms with van der Waals surface area (Å²) in [5.41, 5.74) is 3.61. The number of halogens is 1. The minimum Gasteiger partial charge on any atom is -0.456 e. The molecule has 3 heteroatoms. The van der Waals surface area contributed by atoms with Gasteiger partial charge in [-0.15, -0.1) is 0 Å². The molecule has 1 aliphatic rings. The van der Waals surface area contributed by atoms with Crippen LogP contribution in [-0.2, 0) is 11.5 Å². The summed E-state index contributed by atoms with van der Waals surface area (Å²) >= 11 is 3.78. The Morgan fingerprint density at radius 1 is 0.622 bits per heavy atom. The van der Waals surface area contributed by atoms with Crippen molar-refractivity contribution in [2.45, 2.75) is 25.3 Å². The standard InChI is InChI=1S/C34H29BrOSi/c1-34(2)30-20-9-10-22-32(30)36-33-25(13-11-21-31(33)34)24-37(27-15-5-3-6-16-27,28-17-7-4-8-18-28)29-19-12-14-26(35)23-29/h3-23H,24H2,1-2H3. The maximum atomic E-state index is 6.73. The van der Waals surface area contributed by atoms with Gasteiger partial charge in [0.1, 0.15) is 11.5 Å². The topological polar surface area (TPSA) is 9.23 Å². The van der Waals surface area contributed by atoms with Crippen LogP contribution in [0.5, 0.6) is 11.5 Å². The zero-order chi connectivity index (χ0) is 25.5. The molecule has 1 nitrogen and oxygen atoms in total. The molecule has 182 valence electrons. The molecule has 0 N–H and O–H groups in total. The van der Waals surface area contributed by atoms with E-state index in [1.807, 2.05) is 0 Å². The van der Waals surface area contributed by atoms with E-state index in [-0.39, 0.29) is 5.41 Å². The van der Waals surface area contributed by atoms with Crippen LogP contribution >= 0.6 is 15.9 Å². The lowest BCUT2D eigenvalue weighted by molar-refractivity contribution is 0.414. The fourth-order valence-corrected chi connectivity index (χ4v) is 11.3. The van der Waals surface area contributed by atoms with Gasteiger partial charge in [0, 0.05) is 21.0 Å². The third-order valence-corrected chi connectivity index (χ3v) is 13.2. The van der Waals surface area contributed by atoms with E-state index in [9.17, 15) is 0 Å². The highest BCUT2D eigenvalue weighted by Gasteiger charge is 2.42. The molecule has 6 rings (SSSR count). The molecule has 0 aromatic heterocycles. The van der Waals surface area contributed by atoms with Crippen molar-refractivity contribution < 1.29 is 4.74 Å². The fraction of sp³-hybridized carbons (Fsp3) is 0.118. The summed E-state index contributed by atoms with van der Waals surface area (Å²) in [5, 5.41) is 4.17. The van der Waals surface area contributed by atoms with Crippen LogP contribution in [0.3, 0.4) is 0 Å². The molecule has 37 heavy (non-hydrogen) atoms. The second-order valence-corrected chi connectivity index (χ2v) is 15.2. The fourth-order valence-electron chi connectivity index (χ4n) is 5.95. The van der Waals surface area contributed by atoms with Gasteiger partial charge in [0.15, 0.2) is 8.07 Å². The Morgan fingerprint density at radius 2 is 1.19 bits per heavy atom. The Bertz CT molecular complexity index is 1520. The van der Waals surface area contributed by atoms with E-state index in [1.165, 1.54) is 32.3 Å². The van der Waals surface area contributed by atoms with Crippen LogP contribution in [0, 0.1) is 0 Å². The van der Waals surface area contributed by atoms with E-state index in [2.05, 4.69) is 157 Å². The third-order valence-electron chi connectivity index (χ3n) is 7.85. The quantitative estimate of drug-likeness (QED) is 0.164. The average molecular weight is 562 g/mol.